The summed E-state index contributed by atoms with van der Waals surface area (Å²) in [6, 6.07) is 8.26. The molecule has 1 aromatic carbocycles. The van der Waals surface area contributed by atoms with Crippen molar-refractivity contribution in [3.05, 3.63) is 51.0 Å². The third-order valence-electron chi connectivity index (χ3n) is 3.91. The number of benzene rings is 1. The lowest BCUT2D eigenvalue weighted by Gasteiger charge is -2.19. The van der Waals surface area contributed by atoms with Crippen LogP contribution in [0.5, 0.6) is 0 Å². The van der Waals surface area contributed by atoms with Gasteiger partial charge in [-0.05, 0) is 37.3 Å². The van der Waals surface area contributed by atoms with Crippen LogP contribution in [0.25, 0.3) is 0 Å². The number of aromatic nitrogens is 1. The van der Waals surface area contributed by atoms with E-state index in [9.17, 15) is 4.79 Å². The lowest BCUT2D eigenvalue weighted by atomic mass is 9.86. The van der Waals surface area contributed by atoms with E-state index in [-0.39, 0.29) is 17.4 Å². The third-order valence-corrected chi connectivity index (χ3v) is 4.81. The van der Waals surface area contributed by atoms with E-state index < -0.39 is 0 Å². The Morgan fingerprint density at radius 1 is 1.22 bits per heavy atom. The van der Waals surface area contributed by atoms with Crippen molar-refractivity contribution in [1.29, 1.82) is 0 Å². The van der Waals surface area contributed by atoms with Gasteiger partial charge in [-0.2, -0.15) is 0 Å². The summed E-state index contributed by atoms with van der Waals surface area (Å²) in [5, 5.41) is 4.09. The summed E-state index contributed by atoms with van der Waals surface area (Å²) >= 11 is 1.67. The van der Waals surface area contributed by atoms with Crippen LogP contribution in [0.3, 0.4) is 0 Å². The smallest absolute Gasteiger partial charge is 0.224 e. The highest BCUT2D eigenvalue weighted by Gasteiger charge is 2.16. The molecule has 0 radical (unpaired) electrons. The van der Waals surface area contributed by atoms with Crippen molar-refractivity contribution in [2.45, 2.75) is 59.4 Å². The first kappa shape index (κ1) is 17.7. The van der Waals surface area contributed by atoms with Crippen LogP contribution in [0, 0.1) is 13.8 Å². The van der Waals surface area contributed by atoms with E-state index in [0.717, 1.165) is 16.3 Å². The number of nitrogens with zero attached hydrogens (tertiary/aromatic N) is 1. The molecule has 0 saturated heterocycles. The molecule has 1 heterocycles. The Morgan fingerprint density at radius 2 is 1.83 bits per heavy atom. The molecule has 0 aliphatic carbocycles. The van der Waals surface area contributed by atoms with Gasteiger partial charge in [0, 0.05) is 4.88 Å². The van der Waals surface area contributed by atoms with Crippen LogP contribution in [0.4, 0.5) is 0 Å². The van der Waals surface area contributed by atoms with Crippen LogP contribution in [0.1, 0.15) is 60.4 Å². The van der Waals surface area contributed by atoms with Crippen molar-refractivity contribution in [2.24, 2.45) is 0 Å². The fourth-order valence-corrected chi connectivity index (χ4v) is 3.53. The fraction of sp³-hybridized carbons (Fsp3) is 0.474. The van der Waals surface area contributed by atoms with Crippen molar-refractivity contribution in [3.63, 3.8) is 0 Å². The number of amides is 1. The molecule has 23 heavy (non-hydrogen) atoms. The van der Waals surface area contributed by atoms with Gasteiger partial charge in [-0.15, -0.1) is 11.3 Å². The van der Waals surface area contributed by atoms with E-state index in [0.29, 0.717) is 6.42 Å². The van der Waals surface area contributed by atoms with Crippen molar-refractivity contribution >= 4 is 17.2 Å². The average molecular weight is 330 g/mol. The minimum absolute atomic E-state index is 0.0334. The second-order valence-electron chi connectivity index (χ2n) is 7.09. The molecular weight excluding hydrogens is 304 g/mol. The number of aryl methyl sites for hydroxylation is 2. The molecule has 1 N–H and O–H groups in total. The molecule has 0 unspecified atom stereocenters. The first-order valence-electron chi connectivity index (χ1n) is 7.99. The highest BCUT2D eigenvalue weighted by Crippen LogP contribution is 2.23. The van der Waals surface area contributed by atoms with Gasteiger partial charge in [0.25, 0.3) is 0 Å². The quantitative estimate of drug-likeness (QED) is 0.898. The Bertz CT molecular complexity index is 680. The number of rotatable bonds is 4. The second kappa shape index (κ2) is 6.83. The van der Waals surface area contributed by atoms with Crippen molar-refractivity contribution in [3.8, 4) is 0 Å². The molecule has 2 rings (SSSR count). The van der Waals surface area contributed by atoms with Crippen LogP contribution in [0.15, 0.2) is 24.3 Å². The molecule has 4 heteroatoms. The predicted molar refractivity (Wildman–Crippen MR) is 97.0 cm³/mol. The summed E-state index contributed by atoms with van der Waals surface area (Å²) in [6.45, 7) is 12.6. The summed E-state index contributed by atoms with van der Waals surface area (Å²) in [5.41, 5.74) is 3.43. The molecule has 1 amide bonds. The van der Waals surface area contributed by atoms with Crippen molar-refractivity contribution in [1.82, 2.24) is 10.3 Å². The van der Waals surface area contributed by atoms with E-state index in [1.807, 2.05) is 32.9 Å². The zero-order chi connectivity index (χ0) is 17.2. The van der Waals surface area contributed by atoms with Crippen LogP contribution in [0.2, 0.25) is 0 Å². The van der Waals surface area contributed by atoms with E-state index >= 15 is 0 Å². The van der Waals surface area contributed by atoms with Crippen molar-refractivity contribution < 1.29 is 4.79 Å². The number of carbonyl (C=O) groups is 1. The Hall–Kier alpha value is -1.68. The minimum Gasteiger partial charge on any atom is -0.348 e. The summed E-state index contributed by atoms with van der Waals surface area (Å²) in [7, 11) is 0. The normalized spacial score (nSPS) is 13.0. The molecule has 0 aliphatic heterocycles. The zero-order valence-electron chi connectivity index (χ0n) is 14.9. The Kier molecular flexibility index (Phi) is 5.25. The average Bonchev–Trinajstić information content (AvgIpc) is 2.77. The van der Waals surface area contributed by atoms with E-state index in [1.54, 1.807) is 11.3 Å². The van der Waals surface area contributed by atoms with Crippen LogP contribution >= 0.6 is 11.3 Å². The van der Waals surface area contributed by atoms with Crippen LogP contribution in [-0.2, 0) is 16.6 Å². The maximum Gasteiger partial charge on any atom is 0.224 e. The SMILES string of the molecule is Cc1nc([C@H](C)NC(=O)Cc2ccc(C(C)(C)C)cc2)c(C)s1. The van der Waals surface area contributed by atoms with Crippen LogP contribution < -0.4 is 5.32 Å². The van der Waals surface area contributed by atoms with Gasteiger partial charge >= 0.3 is 0 Å². The summed E-state index contributed by atoms with van der Waals surface area (Å²) in [6.07, 6.45) is 0.400. The largest absolute Gasteiger partial charge is 0.348 e. The molecule has 1 aromatic heterocycles. The molecule has 124 valence electrons. The summed E-state index contributed by atoms with van der Waals surface area (Å²) in [5.74, 6) is 0.0334. The fourth-order valence-electron chi connectivity index (χ4n) is 2.62. The van der Waals surface area contributed by atoms with E-state index in [4.69, 9.17) is 0 Å². The molecule has 0 saturated carbocycles. The molecular formula is C19H26N2OS. The predicted octanol–water partition coefficient (Wildman–Crippen LogP) is 4.48. The van der Waals surface area contributed by atoms with Crippen LogP contribution in [-0.4, -0.2) is 10.9 Å². The number of hydrogen-bond acceptors (Lipinski definition) is 3. The molecule has 0 fully saturated rings. The lowest BCUT2D eigenvalue weighted by Crippen LogP contribution is -2.28. The molecule has 3 nitrogen and oxygen atoms in total. The van der Waals surface area contributed by atoms with Gasteiger partial charge in [0.2, 0.25) is 5.91 Å². The van der Waals surface area contributed by atoms with Gasteiger partial charge in [-0.25, -0.2) is 4.98 Å². The number of hydrogen-bond donors (Lipinski definition) is 1. The van der Waals surface area contributed by atoms with Gasteiger partial charge in [0.15, 0.2) is 0 Å². The molecule has 0 bridgehead atoms. The number of nitrogens with one attached hydrogen (secondary N) is 1. The third kappa shape index (κ3) is 4.64. The molecule has 1 atom stereocenters. The first-order valence-corrected chi connectivity index (χ1v) is 8.81. The molecule has 0 aliphatic rings. The summed E-state index contributed by atoms with van der Waals surface area (Å²) < 4.78 is 0. The highest BCUT2D eigenvalue weighted by atomic mass is 32.1. The number of carbonyl (C=O) groups excluding carboxylic acids is 1. The maximum absolute atomic E-state index is 12.3. The number of thiazole rings is 1. The monoisotopic (exact) mass is 330 g/mol. The lowest BCUT2D eigenvalue weighted by molar-refractivity contribution is -0.121. The van der Waals surface area contributed by atoms with Gasteiger partial charge in [0.1, 0.15) is 0 Å². The van der Waals surface area contributed by atoms with E-state index in [2.05, 4.69) is 43.2 Å². The standard InChI is InChI=1S/C19H26N2OS/c1-12(18-13(2)23-14(3)21-18)20-17(22)11-15-7-9-16(10-8-15)19(4,5)6/h7-10,12H,11H2,1-6H3,(H,20,22)/t12-/m0/s1. The van der Waals surface area contributed by atoms with Gasteiger partial charge in [0.05, 0.1) is 23.2 Å². The minimum atomic E-state index is -0.0544. The van der Waals surface area contributed by atoms with Crippen molar-refractivity contribution in [2.75, 3.05) is 0 Å². The Labute approximate surface area is 143 Å². The highest BCUT2D eigenvalue weighted by molar-refractivity contribution is 7.11. The second-order valence-corrected chi connectivity index (χ2v) is 8.49. The van der Waals surface area contributed by atoms with Gasteiger partial charge in [-0.1, -0.05) is 45.0 Å². The Balaban J connectivity index is 1.98. The Morgan fingerprint density at radius 3 is 2.30 bits per heavy atom. The molecule has 0 spiro atoms. The topological polar surface area (TPSA) is 42.0 Å². The zero-order valence-corrected chi connectivity index (χ0v) is 15.7. The summed E-state index contributed by atoms with van der Waals surface area (Å²) in [4.78, 5) is 17.9. The van der Waals surface area contributed by atoms with Gasteiger partial charge < -0.3 is 5.32 Å². The first-order chi connectivity index (χ1) is 10.7. The molecule has 2 aromatic rings. The van der Waals surface area contributed by atoms with E-state index in [1.165, 1.54) is 10.4 Å². The van der Waals surface area contributed by atoms with Gasteiger partial charge in [-0.3, -0.25) is 4.79 Å². The maximum atomic E-state index is 12.3.